The SMILES string of the molecule is Cc1nc(CN2CCC(=O)NC3(CCCC3)C2=O)no1. The molecule has 7 nitrogen and oxygen atoms in total. The highest BCUT2D eigenvalue weighted by Crippen LogP contribution is 2.33. The summed E-state index contributed by atoms with van der Waals surface area (Å²) in [4.78, 5) is 30.4. The topological polar surface area (TPSA) is 88.3 Å². The van der Waals surface area contributed by atoms with Crippen molar-refractivity contribution in [2.75, 3.05) is 6.54 Å². The maximum atomic E-state index is 12.8. The second kappa shape index (κ2) is 4.88. The molecule has 1 aliphatic carbocycles. The van der Waals surface area contributed by atoms with Gasteiger partial charge in [0.05, 0.1) is 6.54 Å². The molecule has 0 radical (unpaired) electrons. The maximum Gasteiger partial charge on any atom is 0.248 e. The molecule has 2 heterocycles. The van der Waals surface area contributed by atoms with Crippen molar-refractivity contribution in [3.8, 4) is 0 Å². The Balaban J connectivity index is 1.82. The van der Waals surface area contributed by atoms with Gasteiger partial charge in [-0.1, -0.05) is 18.0 Å². The smallest absolute Gasteiger partial charge is 0.248 e. The highest BCUT2D eigenvalue weighted by atomic mass is 16.5. The van der Waals surface area contributed by atoms with Crippen LogP contribution in [-0.2, 0) is 16.1 Å². The summed E-state index contributed by atoms with van der Waals surface area (Å²) in [6, 6.07) is 0. The van der Waals surface area contributed by atoms with Gasteiger partial charge in [0.15, 0.2) is 5.82 Å². The lowest BCUT2D eigenvalue weighted by Gasteiger charge is -2.31. The Kier molecular flexibility index (Phi) is 3.19. The molecule has 0 aromatic carbocycles. The molecule has 1 aromatic heterocycles. The van der Waals surface area contributed by atoms with Crippen molar-refractivity contribution in [2.45, 2.75) is 51.1 Å². The number of rotatable bonds is 2. The highest BCUT2D eigenvalue weighted by molar-refractivity contribution is 5.93. The van der Waals surface area contributed by atoms with E-state index >= 15 is 0 Å². The van der Waals surface area contributed by atoms with Crippen LogP contribution in [0.4, 0.5) is 0 Å². The average Bonchev–Trinajstić information content (AvgIpc) is 3.01. The Hall–Kier alpha value is -1.92. The number of hydrogen-bond donors (Lipinski definition) is 1. The molecule has 108 valence electrons. The number of carbonyl (C=O) groups excluding carboxylic acids is 2. The summed E-state index contributed by atoms with van der Waals surface area (Å²) in [5.41, 5.74) is -0.702. The summed E-state index contributed by atoms with van der Waals surface area (Å²) >= 11 is 0. The Morgan fingerprint density at radius 3 is 2.75 bits per heavy atom. The van der Waals surface area contributed by atoms with E-state index < -0.39 is 5.54 Å². The summed E-state index contributed by atoms with van der Waals surface area (Å²) in [6.07, 6.45) is 3.71. The molecule has 3 rings (SSSR count). The molecule has 0 atom stereocenters. The van der Waals surface area contributed by atoms with Crippen molar-refractivity contribution in [1.29, 1.82) is 0 Å². The first-order valence-corrected chi connectivity index (χ1v) is 6.99. The first-order chi connectivity index (χ1) is 9.59. The fourth-order valence-electron chi connectivity index (χ4n) is 3.07. The fourth-order valence-corrected chi connectivity index (χ4v) is 3.07. The predicted octanol–water partition coefficient (Wildman–Crippen LogP) is 0.539. The molecule has 1 aromatic rings. The van der Waals surface area contributed by atoms with Crippen LogP contribution < -0.4 is 5.32 Å². The van der Waals surface area contributed by atoms with Crippen molar-refractivity contribution in [2.24, 2.45) is 0 Å². The Morgan fingerprint density at radius 2 is 2.10 bits per heavy atom. The first-order valence-electron chi connectivity index (χ1n) is 6.99. The van der Waals surface area contributed by atoms with Crippen LogP contribution in [0.2, 0.25) is 0 Å². The monoisotopic (exact) mass is 278 g/mol. The van der Waals surface area contributed by atoms with Gasteiger partial charge in [-0.2, -0.15) is 4.98 Å². The molecule has 20 heavy (non-hydrogen) atoms. The summed E-state index contributed by atoms with van der Waals surface area (Å²) in [5.74, 6) is 0.903. The number of carbonyl (C=O) groups is 2. The Morgan fingerprint density at radius 1 is 1.35 bits per heavy atom. The molecule has 2 aliphatic rings. The van der Waals surface area contributed by atoms with E-state index in [2.05, 4.69) is 15.5 Å². The molecule has 0 unspecified atom stereocenters. The second-order valence-corrected chi connectivity index (χ2v) is 5.54. The third kappa shape index (κ3) is 2.28. The van der Waals surface area contributed by atoms with Gasteiger partial charge in [-0.3, -0.25) is 9.59 Å². The van der Waals surface area contributed by atoms with Crippen LogP contribution in [0.3, 0.4) is 0 Å². The third-order valence-corrected chi connectivity index (χ3v) is 4.04. The lowest BCUT2D eigenvalue weighted by molar-refractivity contribution is -0.139. The van der Waals surface area contributed by atoms with E-state index in [1.165, 1.54) is 0 Å². The van der Waals surface area contributed by atoms with Gasteiger partial charge < -0.3 is 14.7 Å². The van der Waals surface area contributed by atoms with E-state index in [-0.39, 0.29) is 11.8 Å². The number of aryl methyl sites for hydroxylation is 1. The van der Waals surface area contributed by atoms with E-state index in [4.69, 9.17) is 4.52 Å². The molecule has 1 saturated heterocycles. The van der Waals surface area contributed by atoms with Crippen LogP contribution in [0.5, 0.6) is 0 Å². The van der Waals surface area contributed by atoms with E-state index in [0.717, 1.165) is 25.7 Å². The van der Waals surface area contributed by atoms with Crippen LogP contribution in [0, 0.1) is 6.92 Å². The van der Waals surface area contributed by atoms with Crippen LogP contribution in [0.25, 0.3) is 0 Å². The van der Waals surface area contributed by atoms with E-state index in [0.29, 0.717) is 31.2 Å². The van der Waals surface area contributed by atoms with Gasteiger partial charge in [0.2, 0.25) is 17.7 Å². The second-order valence-electron chi connectivity index (χ2n) is 5.54. The Bertz CT molecular complexity index is 533. The van der Waals surface area contributed by atoms with Crippen molar-refractivity contribution in [3.05, 3.63) is 11.7 Å². The first kappa shape index (κ1) is 13.1. The molecule has 7 heteroatoms. The number of hydrogen-bond acceptors (Lipinski definition) is 5. The van der Waals surface area contributed by atoms with Gasteiger partial charge in [-0.05, 0) is 12.8 Å². The number of amides is 2. The van der Waals surface area contributed by atoms with Gasteiger partial charge in [0.1, 0.15) is 5.54 Å². The molecule has 1 N–H and O–H groups in total. The van der Waals surface area contributed by atoms with Crippen molar-refractivity contribution in [1.82, 2.24) is 20.4 Å². The van der Waals surface area contributed by atoms with Crippen molar-refractivity contribution in [3.63, 3.8) is 0 Å². The van der Waals surface area contributed by atoms with Gasteiger partial charge in [0, 0.05) is 19.9 Å². The zero-order chi connectivity index (χ0) is 14.2. The van der Waals surface area contributed by atoms with Gasteiger partial charge in [0.25, 0.3) is 0 Å². The molecule has 1 saturated carbocycles. The molecule has 2 fully saturated rings. The van der Waals surface area contributed by atoms with Crippen LogP contribution in [-0.4, -0.2) is 38.9 Å². The zero-order valence-electron chi connectivity index (χ0n) is 11.5. The molecule has 0 bridgehead atoms. The largest absolute Gasteiger partial charge is 0.342 e. The summed E-state index contributed by atoms with van der Waals surface area (Å²) < 4.78 is 4.93. The van der Waals surface area contributed by atoms with Crippen molar-refractivity contribution >= 4 is 11.8 Å². The minimum Gasteiger partial charge on any atom is -0.342 e. The van der Waals surface area contributed by atoms with Gasteiger partial charge in [-0.25, -0.2) is 0 Å². The normalized spacial score (nSPS) is 22.1. The lowest BCUT2D eigenvalue weighted by Crippen LogP contribution is -2.55. The fraction of sp³-hybridized carbons (Fsp3) is 0.692. The zero-order valence-corrected chi connectivity index (χ0v) is 11.5. The van der Waals surface area contributed by atoms with Gasteiger partial charge in [-0.15, -0.1) is 0 Å². The van der Waals surface area contributed by atoms with Gasteiger partial charge >= 0.3 is 0 Å². The number of nitrogens with one attached hydrogen (secondary N) is 1. The maximum absolute atomic E-state index is 12.8. The molecule has 1 aliphatic heterocycles. The number of aromatic nitrogens is 2. The van der Waals surface area contributed by atoms with Crippen LogP contribution in [0.1, 0.15) is 43.8 Å². The quantitative estimate of drug-likeness (QED) is 0.853. The summed E-state index contributed by atoms with van der Waals surface area (Å²) in [7, 11) is 0. The molecular formula is C13H18N4O3. The van der Waals surface area contributed by atoms with E-state index in [9.17, 15) is 9.59 Å². The molecular weight excluding hydrogens is 260 g/mol. The van der Waals surface area contributed by atoms with Crippen molar-refractivity contribution < 1.29 is 14.1 Å². The van der Waals surface area contributed by atoms with Crippen LogP contribution in [0.15, 0.2) is 4.52 Å². The minimum absolute atomic E-state index is 0.0108. The standard InChI is InChI=1S/C13H18N4O3/c1-9-14-10(16-20-9)8-17-7-4-11(18)15-13(12(17)19)5-2-3-6-13/h2-8H2,1H3,(H,15,18). The average molecular weight is 278 g/mol. The van der Waals surface area contributed by atoms with E-state index in [1.807, 2.05) is 0 Å². The van der Waals surface area contributed by atoms with Crippen LogP contribution >= 0.6 is 0 Å². The highest BCUT2D eigenvalue weighted by Gasteiger charge is 2.46. The Labute approximate surface area is 116 Å². The lowest BCUT2D eigenvalue weighted by atomic mass is 9.96. The summed E-state index contributed by atoms with van der Waals surface area (Å²) in [5, 5.41) is 6.75. The predicted molar refractivity (Wildman–Crippen MR) is 68.4 cm³/mol. The number of nitrogens with zero attached hydrogens (tertiary/aromatic N) is 3. The minimum atomic E-state index is -0.702. The van der Waals surface area contributed by atoms with E-state index in [1.54, 1.807) is 11.8 Å². The summed E-state index contributed by atoms with van der Waals surface area (Å²) in [6.45, 7) is 2.41. The molecule has 2 amide bonds. The third-order valence-electron chi connectivity index (χ3n) is 4.04. The molecule has 1 spiro atoms.